The first-order valence-electron chi connectivity index (χ1n) is 7.22. The normalized spacial score (nSPS) is 10.8. The number of carbonyl (C=O) groups is 2. The van der Waals surface area contributed by atoms with Crippen molar-refractivity contribution < 1.29 is 18.7 Å². The summed E-state index contributed by atoms with van der Waals surface area (Å²) >= 11 is 0. The van der Waals surface area contributed by atoms with Crippen molar-refractivity contribution in [1.29, 1.82) is 0 Å². The molecule has 6 nitrogen and oxygen atoms in total. The average Bonchev–Trinajstić information content (AvgIpc) is 2.95. The summed E-state index contributed by atoms with van der Waals surface area (Å²) in [6.07, 6.45) is 0.945. The first-order valence-corrected chi connectivity index (χ1v) is 7.22. The third kappa shape index (κ3) is 3.26. The molecule has 3 N–H and O–H groups in total. The van der Waals surface area contributed by atoms with E-state index >= 15 is 0 Å². The van der Waals surface area contributed by atoms with Gasteiger partial charge in [-0.1, -0.05) is 30.3 Å². The number of nitrogens with two attached hydrogens (primary N) is 1. The van der Waals surface area contributed by atoms with Gasteiger partial charge in [-0.25, -0.2) is 4.79 Å². The van der Waals surface area contributed by atoms with Gasteiger partial charge in [0.05, 0.1) is 19.2 Å². The van der Waals surface area contributed by atoms with E-state index in [0.29, 0.717) is 0 Å². The maximum absolute atomic E-state index is 12.0. The van der Waals surface area contributed by atoms with Crippen molar-refractivity contribution >= 4 is 33.7 Å². The molecule has 0 aliphatic heterocycles. The molecular formula is C17H16N2O4. The van der Waals surface area contributed by atoms with Crippen LogP contribution in [0.15, 0.2) is 47.1 Å². The Labute approximate surface area is 132 Å². The highest BCUT2D eigenvalue weighted by Crippen LogP contribution is 2.29. The third-order valence-corrected chi connectivity index (χ3v) is 3.56. The topological polar surface area (TPSA) is 94.6 Å². The number of hydrogen-bond acceptors (Lipinski definition) is 4. The number of furan rings is 1. The standard InChI is InChI=1S/C17H16N2O4/c18-17(21)22-8-7-19-15(20)9-12-10-23-14-6-5-11-3-1-2-4-13(11)16(12)14/h1-6,10H,7-9H2,(H2,18,21)(H,19,20). The predicted molar refractivity (Wildman–Crippen MR) is 86.0 cm³/mol. The maximum atomic E-state index is 12.0. The van der Waals surface area contributed by atoms with Gasteiger partial charge in [-0.3, -0.25) is 4.79 Å². The minimum absolute atomic E-state index is 0.0517. The van der Waals surface area contributed by atoms with E-state index in [1.54, 1.807) is 6.26 Å². The van der Waals surface area contributed by atoms with Crippen LogP contribution in [0.1, 0.15) is 5.56 Å². The number of benzene rings is 2. The number of fused-ring (bicyclic) bond motifs is 3. The van der Waals surface area contributed by atoms with Gasteiger partial charge in [-0.2, -0.15) is 0 Å². The molecule has 2 amide bonds. The Balaban J connectivity index is 1.76. The number of primary amides is 1. The Morgan fingerprint density at radius 1 is 1.17 bits per heavy atom. The van der Waals surface area contributed by atoms with Crippen molar-refractivity contribution in [1.82, 2.24) is 5.32 Å². The molecule has 3 rings (SSSR count). The minimum Gasteiger partial charge on any atom is -0.464 e. The Morgan fingerprint density at radius 3 is 2.83 bits per heavy atom. The molecule has 0 atom stereocenters. The summed E-state index contributed by atoms with van der Waals surface area (Å²) < 4.78 is 10.1. The van der Waals surface area contributed by atoms with Crippen LogP contribution in [0.2, 0.25) is 0 Å². The summed E-state index contributed by atoms with van der Waals surface area (Å²) in [5, 5.41) is 5.78. The molecule has 1 aromatic heterocycles. The van der Waals surface area contributed by atoms with Crippen molar-refractivity contribution in [2.24, 2.45) is 5.73 Å². The lowest BCUT2D eigenvalue weighted by molar-refractivity contribution is -0.120. The number of rotatable bonds is 5. The molecule has 118 valence electrons. The molecule has 0 saturated heterocycles. The monoisotopic (exact) mass is 312 g/mol. The smallest absolute Gasteiger partial charge is 0.404 e. The number of hydrogen-bond donors (Lipinski definition) is 2. The SMILES string of the molecule is NC(=O)OCCNC(=O)Cc1coc2ccc3ccccc3c12. The fourth-order valence-corrected chi connectivity index (χ4v) is 2.58. The van der Waals surface area contributed by atoms with Gasteiger partial charge in [0.15, 0.2) is 0 Å². The fourth-order valence-electron chi connectivity index (χ4n) is 2.58. The Bertz CT molecular complexity index is 869. The molecule has 0 saturated carbocycles. The van der Waals surface area contributed by atoms with Crippen molar-refractivity contribution in [3.05, 3.63) is 48.2 Å². The molecule has 2 aromatic carbocycles. The molecule has 0 spiro atoms. The number of nitrogens with one attached hydrogen (secondary N) is 1. The molecule has 0 fully saturated rings. The van der Waals surface area contributed by atoms with Gasteiger partial charge < -0.3 is 20.2 Å². The first-order chi connectivity index (χ1) is 11.1. The molecular weight excluding hydrogens is 296 g/mol. The van der Waals surface area contributed by atoms with Crippen LogP contribution >= 0.6 is 0 Å². The molecule has 0 unspecified atom stereocenters. The van der Waals surface area contributed by atoms with E-state index in [1.165, 1.54) is 0 Å². The zero-order valence-corrected chi connectivity index (χ0v) is 12.4. The highest BCUT2D eigenvalue weighted by molar-refractivity contribution is 6.08. The molecule has 1 heterocycles. The maximum Gasteiger partial charge on any atom is 0.404 e. The highest BCUT2D eigenvalue weighted by atomic mass is 16.5. The van der Waals surface area contributed by atoms with Crippen LogP contribution in [0.25, 0.3) is 21.7 Å². The van der Waals surface area contributed by atoms with E-state index in [1.807, 2.05) is 36.4 Å². The quantitative estimate of drug-likeness (QED) is 0.707. The van der Waals surface area contributed by atoms with Gasteiger partial charge in [0, 0.05) is 10.9 Å². The predicted octanol–water partition coefficient (Wildman–Crippen LogP) is 2.34. The molecule has 3 aromatic rings. The minimum atomic E-state index is -0.855. The molecule has 0 radical (unpaired) electrons. The second-order valence-corrected chi connectivity index (χ2v) is 5.12. The molecule has 23 heavy (non-hydrogen) atoms. The summed E-state index contributed by atoms with van der Waals surface area (Å²) in [5.74, 6) is -0.172. The zero-order valence-electron chi connectivity index (χ0n) is 12.4. The van der Waals surface area contributed by atoms with E-state index in [0.717, 1.165) is 27.3 Å². The summed E-state index contributed by atoms with van der Waals surface area (Å²) in [6, 6.07) is 11.9. The summed E-state index contributed by atoms with van der Waals surface area (Å²) in [4.78, 5) is 22.5. The third-order valence-electron chi connectivity index (χ3n) is 3.56. The van der Waals surface area contributed by atoms with Crippen molar-refractivity contribution in [3.8, 4) is 0 Å². The van der Waals surface area contributed by atoms with Gasteiger partial charge >= 0.3 is 6.09 Å². The zero-order chi connectivity index (χ0) is 16.2. The van der Waals surface area contributed by atoms with Gasteiger partial charge in [0.25, 0.3) is 0 Å². The van der Waals surface area contributed by atoms with Gasteiger partial charge in [-0.05, 0) is 16.8 Å². The summed E-state index contributed by atoms with van der Waals surface area (Å²) in [5.41, 5.74) is 6.43. The molecule has 0 bridgehead atoms. The van der Waals surface area contributed by atoms with Gasteiger partial charge in [0.2, 0.25) is 5.91 Å². The Kier molecular flexibility index (Phi) is 4.14. The van der Waals surface area contributed by atoms with E-state index in [4.69, 9.17) is 10.2 Å². The fraction of sp³-hybridized carbons (Fsp3) is 0.176. The summed E-state index contributed by atoms with van der Waals surface area (Å²) in [7, 11) is 0. The van der Waals surface area contributed by atoms with Crippen LogP contribution in [0.4, 0.5) is 4.79 Å². The van der Waals surface area contributed by atoms with Crippen LogP contribution in [0.5, 0.6) is 0 Å². The number of carbonyl (C=O) groups excluding carboxylic acids is 2. The number of ether oxygens (including phenoxy) is 1. The van der Waals surface area contributed by atoms with Crippen LogP contribution in [0.3, 0.4) is 0 Å². The molecule has 0 aliphatic rings. The lowest BCUT2D eigenvalue weighted by Gasteiger charge is -2.05. The molecule has 6 heteroatoms. The van der Waals surface area contributed by atoms with Crippen LogP contribution in [-0.2, 0) is 16.0 Å². The highest BCUT2D eigenvalue weighted by Gasteiger charge is 2.13. The van der Waals surface area contributed by atoms with Crippen molar-refractivity contribution in [2.75, 3.05) is 13.2 Å². The lowest BCUT2D eigenvalue weighted by atomic mass is 10.0. The van der Waals surface area contributed by atoms with Crippen LogP contribution in [-0.4, -0.2) is 25.2 Å². The molecule has 0 aliphatic carbocycles. The lowest BCUT2D eigenvalue weighted by Crippen LogP contribution is -2.30. The number of amides is 2. The van der Waals surface area contributed by atoms with Gasteiger partial charge in [0.1, 0.15) is 12.2 Å². The van der Waals surface area contributed by atoms with Crippen molar-refractivity contribution in [2.45, 2.75) is 6.42 Å². The first kappa shape index (κ1) is 14.9. The second kappa shape index (κ2) is 6.39. The van der Waals surface area contributed by atoms with Crippen LogP contribution in [0, 0.1) is 0 Å². The summed E-state index contributed by atoms with van der Waals surface area (Å²) in [6.45, 7) is 0.272. The van der Waals surface area contributed by atoms with Crippen molar-refractivity contribution in [3.63, 3.8) is 0 Å². The van der Waals surface area contributed by atoms with E-state index in [-0.39, 0.29) is 25.5 Å². The Hall–Kier alpha value is -3.02. The second-order valence-electron chi connectivity index (χ2n) is 5.12. The largest absolute Gasteiger partial charge is 0.464 e. The Morgan fingerprint density at radius 2 is 2.00 bits per heavy atom. The van der Waals surface area contributed by atoms with Crippen LogP contribution < -0.4 is 11.1 Å². The van der Waals surface area contributed by atoms with Gasteiger partial charge in [-0.15, -0.1) is 0 Å². The van der Waals surface area contributed by atoms with E-state index < -0.39 is 6.09 Å². The van der Waals surface area contributed by atoms with E-state index in [9.17, 15) is 9.59 Å². The van der Waals surface area contributed by atoms with E-state index in [2.05, 4.69) is 10.1 Å². The average molecular weight is 312 g/mol.